The number of aromatic nitrogens is 1. The number of hydrogen-bond donors (Lipinski definition) is 0. The van der Waals surface area contributed by atoms with Crippen molar-refractivity contribution < 1.29 is 9.63 Å². The minimum absolute atomic E-state index is 0.0381. The van der Waals surface area contributed by atoms with Gasteiger partial charge < -0.3 is 4.84 Å². The lowest BCUT2D eigenvalue weighted by Crippen LogP contribution is -2.26. The zero-order valence-corrected chi connectivity index (χ0v) is 13.8. The maximum absolute atomic E-state index is 12.1. The first-order valence-corrected chi connectivity index (χ1v) is 8.24. The Balaban J connectivity index is 2.04. The van der Waals surface area contributed by atoms with Gasteiger partial charge in [0.25, 0.3) is 5.56 Å². The van der Waals surface area contributed by atoms with E-state index < -0.39 is 0 Å². The largest absolute Gasteiger partial charge is 0.405 e. The van der Waals surface area contributed by atoms with E-state index in [1.165, 1.54) is 10.8 Å². The van der Waals surface area contributed by atoms with Gasteiger partial charge >= 0.3 is 0 Å². The van der Waals surface area contributed by atoms with Gasteiger partial charge in [0.1, 0.15) is 6.61 Å². The quantitative estimate of drug-likeness (QED) is 0.511. The predicted molar refractivity (Wildman–Crippen MR) is 93.1 cm³/mol. The van der Waals surface area contributed by atoms with Gasteiger partial charge in [-0.25, -0.2) is 0 Å². The summed E-state index contributed by atoms with van der Waals surface area (Å²) in [7, 11) is 0. The highest BCUT2D eigenvalue weighted by Gasteiger charge is 2.12. The molecule has 0 saturated heterocycles. The molecule has 0 aliphatic rings. The molecule has 0 aliphatic carbocycles. The molecule has 0 atom stereocenters. The molecule has 23 heavy (non-hydrogen) atoms. The number of halogens is 1. The van der Waals surface area contributed by atoms with Gasteiger partial charge in [-0.1, -0.05) is 58.4 Å². The minimum Gasteiger partial charge on any atom is -0.405 e. The van der Waals surface area contributed by atoms with Crippen LogP contribution < -0.4 is 10.4 Å². The van der Waals surface area contributed by atoms with E-state index in [-0.39, 0.29) is 23.3 Å². The number of pyridine rings is 1. The van der Waals surface area contributed by atoms with Crippen molar-refractivity contribution in [1.29, 1.82) is 0 Å². The molecule has 3 rings (SSSR count). The van der Waals surface area contributed by atoms with Crippen molar-refractivity contribution >= 4 is 32.6 Å². The molecule has 5 heteroatoms. The lowest BCUT2D eigenvalue weighted by molar-refractivity contribution is 0.0990. The van der Waals surface area contributed by atoms with E-state index in [0.717, 1.165) is 5.56 Å². The van der Waals surface area contributed by atoms with Crippen molar-refractivity contribution in [2.24, 2.45) is 0 Å². The third kappa shape index (κ3) is 3.19. The van der Waals surface area contributed by atoms with Crippen molar-refractivity contribution in [3.8, 4) is 0 Å². The van der Waals surface area contributed by atoms with Crippen LogP contribution in [0, 0.1) is 0 Å². The Kier molecular flexibility index (Phi) is 4.57. The fraction of sp³-hybridized carbons (Fsp3) is 0.111. The van der Waals surface area contributed by atoms with Crippen LogP contribution in [0.2, 0.25) is 0 Å². The second-order valence-corrected chi connectivity index (χ2v) is 5.58. The smallest absolute Gasteiger partial charge is 0.283 e. The summed E-state index contributed by atoms with van der Waals surface area (Å²) in [6, 6.07) is 17.9. The van der Waals surface area contributed by atoms with Crippen LogP contribution in [-0.4, -0.2) is 15.8 Å². The molecule has 4 nitrogen and oxygen atoms in total. The minimum atomic E-state index is -0.267. The number of carbonyl (C=O) groups excluding carboxylic acids is 1. The molecule has 0 aliphatic heterocycles. The summed E-state index contributed by atoms with van der Waals surface area (Å²) in [5, 5.41) is 0.931. The monoisotopic (exact) mass is 371 g/mol. The summed E-state index contributed by atoms with van der Waals surface area (Å²) in [6.45, 7) is 0.274. The van der Waals surface area contributed by atoms with Gasteiger partial charge in [-0.05, 0) is 17.7 Å². The Hall–Kier alpha value is -2.40. The molecule has 0 amide bonds. The molecule has 0 radical (unpaired) electrons. The molecule has 3 aromatic rings. The fourth-order valence-corrected chi connectivity index (χ4v) is 2.71. The first kappa shape index (κ1) is 15.5. The topological polar surface area (TPSA) is 48.3 Å². The molecule has 116 valence electrons. The molecule has 0 fully saturated rings. The number of ketones is 1. The van der Waals surface area contributed by atoms with E-state index in [0.29, 0.717) is 16.5 Å². The van der Waals surface area contributed by atoms with Crippen molar-refractivity contribution in [1.82, 2.24) is 4.73 Å². The highest BCUT2D eigenvalue weighted by Crippen LogP contribution is 2.18. The summed E-state index contributed by atoms with van der Waals surface area (Å²) in [5.41, 5.74) is 1.85. The number of Topliss-reactive ketones (excluding diaryl/α,β-unsaturated/α-hetero) is 1. The highest BCUT2D eigenvalue weighted by atomic mass is 79.9. The first-order valence-electron chi connectivity index (χ1n) is 7.12. The maximum Gasteiger partial charge on any atom is 0.283 e. The zero-order chi connectivity index (χ0) is 16.2. The first-order chi connectivity index (χ1) is 11.2. The lowest BCUT2D eigenvalue weighted by atomic mass is 10.1. The van der Waals surface area contributed by atoms with E-state index in [1.807, 2.05) is 30.3 Å². The second kappa shape index (κ2) is 6.79. The Morgan fingerprint density at radius 3 is 2.52 bits per heavy atom. The molecular weight excluding hydrogens is 358 g/mol. The van der Waals surface area contributed by atoms with Crippen molar-refractivity contribution in [3.63, 3.8) is 0 Å². The van der Waals surface area contributed by atoms with Gasteiger partial charge in [0, 0.05) is 17.0 Å². The van der Waals surface area contributed by atoms with Gasteiger partial charge in [-0.2, -0.15) is 0 Å². The zero-order valence-electron chi connectivity index (χ0n) is 12.2. The number of rotatable bonds is 5. The van der Waals surface area contributed by atoms with E-state index >= 15 is 0 Å². The van der Waals surface area contributed by atoms with E-state index in [9.17, 15) is 9.59 Å². The van der Waals surface area contributed by atoms with Crippen LogP contribution in [0.15, 0.2) is 65.5 Å². The fourth-order valence-electron chi connectivity index (χ4n) is 2.41. The van der Waals surface area contributed by atoms with Gasteiger partial charge in [0.15, 0.2) is 5.78 Å². The van der Waals surface area contributed by atoms with Gasteiger partial charge in [-0.15, -0.1) is 4.73 Å². The molecule has 1 heterocycles. The van der Waals surface area contributed by atoms with Crippen LogP contribution in [0.25, 0.3) is 10.9 Å². The van der Waals surface area contributed by atoms with Crippen LogP contribution >= 0.6 is 15.9 Å². The average molecular weight is 372 g/mol. The Bertz CT molecular complexity index is 903. The summed E-state index contributed by atoms with van der Waals surface area (Å²) in [5.74, 6) is -0.0381. The summed E-state index contributed by atoms with van der Waals surface area (Å²) in [4.78, 5) is 29.9. The average Bonchev–Trinajstić information content (AvgIpc) is 2.60. The van der Waals surface area contributed by atoms with Gasteiger partial charge in [0.05, 0.1) is 10.8 Å². The van der Waals surface area contributed by atoms with Crippen molar-refractivity contribution in [3.05, 3.63) is 82.1 Å². The van der Waals surface area contributed by atoms with E-state index in [1.54, 1.807) is 24.3 Å². The SMILES string of the molecule is O=C(CBr)c1cccc2c1ccc(=O)n2OCc1ccccc1. The van der Waals surface area contributed by atoms with Gasteiger partial charge in [-0.3, -0.25) is 9.59 Å². The summed E-state index contributed by atoms with van der Waals surface area (Å²) < 4.78 is 1.24. The molecular formula is C18H14BrNO3. The lowest BCUT2D eigenvalue weighted by Gasteiger charge is -2.13. The molecule has 2 aromatic carbocycles. The van der Waals surface area contributed by atoms with E-state index in [2.05, 4.69) is 15.9 Å². The van der Waals surface area contributed by atoms with Crippen molar-refractivity contribution in [2.45, 2.75) is 6.61 Å². The molecule has 0 saturated carbocycles. The van der Waals surface area contributed by atoms with Crippen LogP contribution in [0.1, 0.15) is 15.9 Å². The highest BCUT2D eigenvalue weighted by molar-refractivity contribution is 9.09. The number of nitrogens with zero attached hydrogens (tertiary/aromatic N) is 1. The van der Waals surface area contributed by atoms with Crippen LogP contribution in [0.4, 0.5) is 0 Å². The molecule has 0 spiro atoms. The van der Waals surface area contributed by atoms with Crippen molar-refractivity contribution in [2.75, 3.05) is 5.33 Å². The Morgan fingerprint density at radius 2 is 1.78 bits per heavy atom. The standard InChI is InChI=1S/C18H14BrNO3/c19-11-17(21)15-7-4-8-16-14(15)9-10-18(22)20(16)23-12-13-5-2-1-3-6-13/h1-10H,11-12H2. The van der Waals surface area contributed by atoms with E-state index in [4.69, 9.17) is 4.84 Å². The molecule has 0 bridgehead atoms. The Labute approximate surface area is 141 Å². The van der Waals surface area contributed by atoms with Crippen LogP contribution in [0.3, 0.4) is 0 Å². The summed E-state index contributed by atoms with van der Waals surface area (Å²) in [6.07, 6.45) is 0. The molecule has 1 aromatic heterocycles. The third-order valence-corrected chi connectivity index (χ3v) is 4.03. The summed E-state index contributed by atoms with van der Waals surface area (Å²) >= 11 is 3.18. The number of fused-ring (bicyclic) bond motifs is 1. The van der Waals surface area contributed by atoms with Crippen LogP contribution in [0.5, 0.6) is 0 Å². The number of alkyl halides is 1. The Morgan fingerprint density at radius 1 is 1.00 bits per heavy atom. The predicted octanol–water partition coefficient (Wildman–Crippen LogP) is 3.21. The number of carbonyl (C=O) groups is 1. The maximum atomic E-state index is 12.1. The molecule has 0 unspecified atom stereocenters. The normalized spacial score (nSPS) is 10.7. The van der Waals surface area contributed by atoms with Gasteiger partial charge in [0.2, 0.25) is 0 Å². The molecule has 0 N–H and O–H groups in total. The second-order valence-electron chi connectivity index (χ2n) is 5.02. The third-order valence-electron chi connectivity index (χ3n) is 3.52. The number of hydrogen-bond acceptors (Lipinski definition) is 3. The van der Waals surface area contributed by atoms with Crippen LogP contribution in [-0.2, 0) is 6.61 Å². The number of benzene rings is 2.